The molecular formula is C28H39F6N3O5. The van der Waals surface area contributed by atoms with Crippen LogP contribution >= 0.6 is 0 Å². The number of carbonyl (C=O) groups is 3. The van der Waals surface area contributed by atoms with E-state index in [4.69, 9.17) is 9.47 Å². The van der Waals surface area contributed by atoms with Crippen LogP contribution in [0, 0.1) is 5.92 Å². The normalized spacial score (nSPS) is 15.8. The van der Waals surface area contributed by atoms with Gasteiger partial charge in [-0.25, -0.2) is 0 Å². The van der Waals surface area contributed by atoms with Crippen LogP contribution in [-0.2, 0) is 42.8 Å². The Morgan fingerprint density at radius 1 is 1.02 bits per heavy atom. The molecule has 0 saturated carbocycles. The number of halogens is 6. The quantitative estimate of drug-likeness (QED) is 0.291. The van der Waals surface area contributed by atoms with Crippen molar-refractivity contribution in [2.45, 2.75) is 77.6 Å². The molecule has 0 bridgehead atoms. The van der Waals surface area contributed by atoms with Gasteiger partial charge in [0.1, 0.15) is 0 Å². The Kier molecular flexibility index (Phi) is 12.2. The van der Waals surface area contributed by atoms with Gasteiger partial charge in [-0.2, -0.15) is 26.3 Å². The predicted molar refractivity (Wildman–Crippen MR) is 141 cm³/mol. The van der Waals surface area contributed by atoms with Gasteiger partial charge in [0.15, 0.2) is 0 Å². The number of nitrogens with one attached hydrogen (secondary N) is 1. The maximum atomic E-state index is 13.2. The van der Waals surface area contributed by atoms with Gasteiger partial charge in [-0.05, 0) is 63.8 Å². The van der Waals surface area contributed by atoms with Crippen LogP contribution < -0.4 is 5.32 Å². The number of alkyl halides is 6. The minimum atomic E-state index is -4.99. The number of ether oxygens (including phenoxy) is 2. The van der Waals surface area contributed by atoms with Gasteiger partial charge in [0, 0.05) is 45.8 Å². The largest absolute Gasteiger partial charge is 0.416 e. The molecule has 14 heteroatoms. The maximum absolute atomic E-state index is 13.2. The molecule has 1 aliphatic rings. The van der Waals surface area contributed by atoms with Gasteiger partial charge >= 0.3 is 24.2 Å². The number of carbonyl (C=O) groups excluding carboxylic acids is 3. The van der Waals surface area contributed by atoms with E-state index in [-0.39, 0.29) is 50.2 Å². The van der Waals surface area contributed by atoms with Gasteiger partial charge in [0.25, 0.3) is 0 Å². The first-order valence-electron chi connectivity index (χ1n) is 13.7. The molecule has 1 fully saturated rings. The predicted octanol–water partition coefficient (Wildman–Crippen LogP) is 4.65. The van der Waals surface area contributed by atoms with Crippen LogP contribution in [0.2, 0.25) is 0 Å². The Bertz CT molecular complexity index is 1050. The highest BCUT2D eigenvalue weighted by atomic mass is 19.4. The minimum Gasteiger partial charge on any atom is -0.376 e. The molecule has 1 aromatic carbocycles. The first-order valence-corrected chi connectivity index (χ1v) is 13.7. The minimum absolute atomic E-state index is 0.0340. The summed E-state index contributed by atoms with van der Waals surface area (Å²) in [4.78, 5) is 40.4. The number of likely N-dealkylation sites (tertiary alicyclic amines) is 1. The summed E-state index contributed by atoms with van der Waals surface area (Å²) >= 11 is 0. The molecule has 0 aromatic heterocycles. The topological polar surface area (TPSA) is 88.2 Å². The van der Waals surface area contributed by atoms with Gasteiger partial charge in [-0.15, -0.1) is 0 Å². The first-order chi connectivity index (χ1) is 19.3. The van der Waals surface area contributed by atoms with E-state index < -0.39 is 59.3 Å². The fraction of sp³-hybridized carbons (Fsp3) is 0.679. The van der Waals surface area contributed by atoms with Crippen molar-refractivity contribution in [1.29, 1.82) is 0 Å². The number of hydrogen-bond acceptors (Lipinski definition) is 5. The van der Waals surface area contributed by atoms with Crippen LogP contribution in [0.25, 0.3) is 0 Å². The summed E-state index contributed by atoms with van der Waals surface area (Å²) < 4.78 is 90.4. The van der Waals surface area contributed by atoms with E-state index in [1.165, 1.54) is 11.9 Å². The highest BCUT2D eigenvalue weighted by Crippen LogP contribution is 2.36. The third-order valence-electron chi connectivity index (χ3n) is 6.76. The van der Waals surface area contributed by atoms with Gasteiger partial charge < -0.3 is 24.6 Å². The second-order valence-electron chi connectivity index (χ2n) is 11.1. The Morgan fingerprint density at radius 3 is 2.07 bits per heavy atom. The Morgan fingerprint density at radius 2 is 1.57 bits per heavy atom. The van der Waals surface area contributed by atoms with E-state index in [0.29, 0.717) is 25.3 Å². The highest BCUT2D eigenvalue weighted by Gasteiger charge is 2.37. The summed E-state index contributed by atoms with van der Waals surface area (Å²) in [5, 5.41) is 2.57. The van der Waals surface area contributed by atoms with Crippen molar-refractivity contribution in [2.24, 2.45) is 5.92 Å². The summed E-state index contributed by atoms with van der Waals surface area (Å²) in [6.07, 6.45) is -8.87. The lowest BCUT2D eigenvalue weighted by Crippen LogP contribution is -2.50. The third-order valence-corrected chi connectivity index (χ3v) is 6.76. The number of nitrogens with zero attached hydrogens (tertiary/aromatic N) is 2. The van der Waals surface area contributed by atoms with Gasteiger partial charge in [0.05, 0.1) is 29.4 Å². The fourth-order valence-electron chi connectivity index (χ4n) is 4.38. The molecule has 1 heterocycles. The lowest BCUT2D eigenvalue weighted by atomic mass is 9.95. The molecule has 0 aliphatic carbocycles. The molecule has 1 aliphatic heterocycles. The summed E-state index contributed by atoms with van der Waals surface area (Å²) in [7, 11) is 1.29. The first kappa shape index (κ1) is 35.3. The molecule has 1 unspecified atom stereocenters. The molecule has 1 aromatic rings. The smallest absolute Gasteiger partial charge is 0.376 e. The van der Waals surface area contributed by atoms with E-state index in [1.54, 1.807) is 13.8 Å². The van der Waals surface area contributed by atoms with E-state index in [9.17, 15) is 40.7 Å². The van der Waals surface area contributed by atoms with Crippen molar-refractivity contribution in [3.63, 3.8) is 0 Å². The Hall–Kier alpha value is -2.87. The lowest BCUT2D eigenvalue weighted by molar-refractivity contribution is -0.148. The van der Waals surface area contributed by atoms with E-state index >= 15 is 0 Å². The van der Waals surface area contributed by atoms with Gasteiger partial charge in [-0.1, -0.05) is 6.92 Å². The van der Waals surface area contributed by atoms with Crippen LogP contribution in [0.3, 0.4) is 0 Å². The summed E-state index contributed by atoms with van der Waals surface area (Å²) in [5.41, 5.74) is -3.98. The molecule has 1 atom stereocenters. The van der Waals surface area contributed by atoms with E-state index in [1.807, 2.05) is 13.8 Å². The van der Waals surface area contributed by atoms with Crippen LogP contribution in [0.5, 0.6) is 0 Å². The zero-order valence-corrected chi connectivity index (χ0v) is 24.5. The van der Waals surface area contributed by atoms with Crippen molar-refractivity contribution in [3.05, 3.63) is 34.9 Å². The molecular weight excluding hydrogens is 572 g/mol. The summed E-state index contributed by atoms with van der Waals surface area (Å²) in [5.74, 6) is -2.69. The fourth-order valence-corrected chi connectivity index (χ4v) is 4.38. The maximum Gasteiger partial charge on any atom is 0.416 e. The molecule has 8 nitrogen and oxygen atoms in total. The number of benzene rings is 1. The SMILES string of the molecule is CCCOC(C)COC(C)(C)CNC(=O)C(=O)N1CCC(C(=O)N(C)Cc2cc(C(F)(F)F)cc(C(F)(F)F)c2)CC1. The second kappa shape index (κ2) is 14.5. The van der Waals surface area contributed by atoms with Crippen LogP contribution in [-0.4, -0.2) is 79.1 Å². The number of piperidine rings is 1. The summed E-state index contributed by atoms with van der Waals surface area (Å²) in [6, 6.07) is 1.21. The van der Waals surface area contributed by atoms with Crippen LogP contribution in [0.15, 0.2) is 18.2 Å². The lowest BCUT2D eigenvalue weighted by Gasteiger charge is -2.33. The summed E-state index contributed by atoms with van der Waals surface area (Å²) in [6.45, 7) is 8.09. The van der Waals surface area contributed by atoms with Crippen molar-refractivity contribution in [2.75, 3.05) is 39.9 Å². The van der Waals surface area contributed by atoms with Crippen molar-refractivity contribution in [1.82, 2.24) is 15.1 Å². The zero-order chi connectivity index (χ0) is 31.9. The van der Waals surface area contributed by atoms with E-state index in [0.717, 1.165) is 11.3 Å². The monoisotopic (exact) mass is 611 g/mol. The standard InChI is InChI=1S/C28H39F6N3O5/c1-6-11-41-18(2)16-42-26(3,4)17-35-23(38)25(40)37-9-7-20(8-10-37)24(39)36(5)15-19-12-21(27(29,30)31)14-22(13-19)28(32,33)34/h12-14,18,20H,6-11,15-17H2,1-5H3,(H,35,38). The molecule has 238 valence electrons. The molecule has 0 radical (unpaired) electrons. The average Bonchev–Trinajstić information content (AvgIpc) is 2.91. The average molecular weight is 612 g/mol. The Balaban J connectivity index is 1.89. The van der Waals surface area contributed by atoms with Crippen LogP contribution in [0.1, 0.15) is 63.6 Å². The Labute approximate surface area is 241 Å². The second-order valence-corrected chi connectivity index (χ2v) is 11.1. The van der Waals surface area contributed by atoms with Crippen molar-refractivity contribution in [3.8, 4) is 0 Å². The number of rotatable bonds is 11. The van der Waals surface area contributed by atoms with E-state index in [2.05, 4.69) is 5.32 Å². The zero-order valence-electron chi connectivity index (χ0n) is 24.5. The van der Waals surface area contributed by atoms with Gasteiger partial charge in [-0.3, -0.25) is 14.4 Å². The number of amides is 3. The third kappa shape index (κ3) is 10.8. The molecule has 2 rings (SSSR count). The molecule has 1 N–H and O–H groups in total. The molecule has 1 saturated heterocycles. The van der Waals surface area contributed by atoms with Crippen molar-refractivity contribution >= 4 is 17.7 Å². The van der Waals surface area contributed by atoms with Crippen molar-refractivity contribution < 1.29 is 50.2 Å². The molecule has 0 spiro atoms. The highest BCUT2D eigenvalue weighted by molar-refractivity contribution is 6.35. The molecule has 3 amide bonds. The number of hydrogen-bond donors (Lipinski definition) is 1. The van der Waals surface area contributed by atoms with Crippen LogP contribution in [0.4, 0.5) is 26.3 Å². The molecule has 42 heavy (non-hydrogen) atoms. The van der Waals surface area contributed by atoms with Gasteiger partial charge in [0.2, 0.25) is 5.91 Å².